The first-order valence-corrected chi connectivity index (χ1v) is 11.5. The summed E-state index contributed by atoms with van der Waals surface area (Å²) < 4.78 is 11.5. The molecule has 0 aromatic heterocycles. The predicted molar refractivity (Wildman–Crippen MR) is 136 cm³/mol. The van der Waals surface area contributed by atoms with E-state index in [2.05, 4.69) is 10.6 Å². The lowest BCUT2D eigenvalue weighted by molar-refractivity contribution is -0.122. The van der Waals surface area contributed by atoms with Crippen LogP contribution in [0.2, 0.25) is 10.0 Å². The molecule has 8 heteroatoms. The molecular weight excluding hydrogens is 475 g/mol. The monoisotopic (exact) mass is 500 g/mol. The Morgan fingerprint density at radius 2 is 1.12 bits per heavy atom. The van der Waals surface area contributed by atoms with E-state index in [1.807, 2.05) is 13.8 Å². The van der Waals surface area contributed by atoms with Crippen LogP contribution < -0.4 is 20.1 Å². The van der Waals surface area contributed by atoms with Crippen LogP contribution in [0, 0.1) is 13.8 Å². The minimum atomic E-state index is -0.742. The highest BCUT2D eigenvalue weighted by Crippen LogP contribution is 2.25. The Labute approximate surface area is 209 Å². The third-order valence-corrected chi connectivity index (χ3v) is 5.49. The summed E-state index contributed by atoms with van der Waals surface area (Å²) in [6.07, 6.45) is -1.48. The van der Waals surface area contributed by atoms with Crippen LogP contribution in [0.25, 0.3) is 0 Å². The molecule has 2 unspecified atom stereocenters. The summed E-state index contributed by atoms with van der Waals surface area (Å²) in [5, 5.41) is 6.81. The summed E-state index contributed by atoms with van der Waals surface area (Å²) in [4.78, 5) is 25.2. The summed E-state index contributed by atoms with van der Waals surface area (Å²) in [5.74, 6) is 0.511. The van der Waals surface area contributed by atoms with Crippen molar-refractivity contribution in [2.24, 2.45) is 0 Å². The molecule has 2 atom stereocenters. The second-order valence-corrected chi connectivity index (χ2v) is 8.77. The van der Waals surface area contributed by atoms with Gasteiger partial charge >= 0.3 is 0 Å². The van der Waals surface area contributed by atoms with Crippen LogP contribution in [-0.4, -0.2) is 24.0 Å². The van der Waals surface area contributed by atoms with Crippen molar-refractivity contribution in [3.63, 3.8) is 0 Å². The smallest absolute Gasteiger partial charge is 0.265 e. The number of hydrogen-bond acceptors (Lipinski definition) is 4. The van der Waals surface area contributed by atoms with Gasteiger partial charge in [0.05, 0.1) is 0 Å². The van der Waals surface area contributed by atoms with E-state index in [-0.39, 0.29) is 11.8 Å². The Morgan fingerprint density at radius 1 is 0.706 bits per heavy atom. The lowest BCUT2D eigenvalue weighted by atomic mass is 10.2. The number of carbonyl (C=O) groups is 2. The molecule has 34 heavy (non-hydrogen) atoms. The average Bonchev–Trinajstić information content (AvgIpc) is 2.77. The Kier molecular flexibility index (Phi) is 8.42. The molecule has 0 saturated carbocycles. The van der Waals surface area contributed by atoms with Crippen LogP contribution in [0.1, 0.15) is 25.0 Å². The molecule has 3 aromatic carbocycles. The van der Waals surface area contributed by atoms with Gasteiger partial charge in [-0.2, -0.15) is 0 Å². The van der Waals surface area contributed by atoms with Gasteiger partial charge in [0.15, 0.2) is 12.2 Å². The zero-order valence-electron chi connectivity index (χ0n) is 19.3. The van der Waals surface area contributed by atoms with Crippen molar-refractivity contribution in [2.45, 2.75) is 39.9 Å². The molecule has 0 saturated heterocycles. The number of hydrogen-bond donors (Lipinski definition) is 2. The highest BCUT2D eigenvalue weighted by molar-refractivity contribution is 6.31. The van der Waals surface area contributed by atoms with E-state index in [1.165, 1.54) is 0 Å². The second kappa shape index (κ2) is 11.3. The second-order valence-electron chi connectivity index (χ2n) is 7.90. The molecule has 0 heterocycles. The summed E-state index contributed by atoms with van der Waals surface area (Å²) in [5.41, 5.74) is 2.71. The molecule has 6 nitrogen and oxygen atoms in total. The van der Waals surface area contributed by atoms with Gasteiger partial charge in [-0.25, -0.2) is 0 Å². The largest absolute Gasteiger partial charge is 0.481 e. The number of nitrogens with one attached hydrogen (secondary N) is 2. The van der Waals surface area contributed by atoms with E-state index in [1.54, 1.807) is 74.5 Å². The van der Waals surface area contributed by atoms with Gasteiger partial charge in [0.2, 0.25) is 0 Å². The molecule has 2 N–H and O–H groups in total. The molecule has 2 amide bonds. The molecule has 0 bridgehead atoms. The average molecular weight is 501 g/mol. The van der Waals surface area contributed by atoms with Gasteiger partial charge in [-0.15, -0.1) is 0 Å². The Bertz CT molecular complexity index is 1110. The molecule has 0 aliphatic heterocycles. The SMILES string of the molecule is Cc1cc(Cl)ccc1OC(C)C(=O)Nc1cccc(NC(=O)C(C)Oc2ccc(Cl)cc2C)c1. The van der Waals surface area contributed by atoms with E-state index < -0.39 is 12.2 Å². The Balaban J connectivity index is 1.59. The van der Waals surface area contributed by atoms with Crippen molar-refractivity contribution in [3.05, 3.63) is 81.8 Å². The van der Waals surface area contributed by atoms with Gasteiger partial charge < -0.3 is 20.1 Å². The zero-order chi connectivity index (χ0) is 24.8. The first-order valence-electron chi connectivity index (χ1n) is 10.7. The fraction of sp³-hybridized carbons (Fsp3) is 0.231. The van der Waals surface area contributed by atoms with Gasteiger partial charge in [0, 0.05) is 21.4 Å². The number of amides is 2. The topological polar surface area (TPSA) is 76.7 Å². The zero-order valence-corrected chi connectivity index (χ0v) is 20.8. The van der Waals surface area contributed by atoms with E-state index in [9.17, 15) is 9.59 Å². The third-order valence-electron chi connectivity index (χ3n) is 5.02. The third kappa shape index (κ3) is 6.89. The molecule has 0 fully saturated rings. The highest BCUT2D eigenvalue weighted by Gasteiger charge is 2.18. The normalized spacial score (nSPS) is 12.4. The summed E-state index contributed by atoms with van der Waals surface area (Å²) >= 11 is 11.9. The van der Waals surface area contributed by atoms with Gasteiger partial charge in [-0.1, -0.05) is 29.3 Å². The molecule has 178 valence electrons. The lowest BCUT2D eigenvalue weighted by Gasteiger charge is -2.18. The number of rotatable bonds is 8. The number of ether oxygens (including phenoxy) is 2. The quantitative estimate of drug-likeness (QED) is 0.373. The summed E-state index contributed by atoms with van der Waals surface area (Å²) in [6.45, 7) is 7.04. The molecule has 3 aromatic rings. The molecule has 0 aliphatic rings. The van der Waals surface area contributed by atoms with Crippen molar-refractivity contribution in [3.8, 4) is 11.5 Å². The van der Waals surface area contributed by atoms with Crippen LogP contribution in [0.15, 0.2) is 60.7 Å². The van der Waals surface area contributed by atoms with E-state index in [0.29, 0.717) is 32.9 Å². The van der Waals surface area contributed by atoms with Crippen molar-refractivity contribution in [1.82, 2.24) is 0 Å². The number of carbonyl (C=O) groups excluding carboxylic acids is 2. The van der Waals surface area contributed by atoms with Crippen molar-refractivity contribution in [2.75, 3.05) is 10.6 Å². The van der Waals surface area contributed by atoms with E-state index >= 15 is 0 Å². The fourth-order valence-electron chi connectivity index (χ4n) is 3.14. The molecule has 0 spiro atoms. The molecule has 0 radical (unpaired) electrons. The first kappa shape index (κ1) is 25.4. The molecule has 3 rings (SSSR count). The number of halogens is 2. The molecule has 0 aliphatic carbocycles. The number of aryl methyl sites for hydroxylation is 2. The minimum Gasteiger partial charge on any atom is -0.481 e. The highest BCUT2D eigenvalue weighted by atomic mass is 35.5. The van der Waals surface area contributed by atoms with Crippen LogP contribution in [0.3, 0.4) is 0 Å². The Morgan fingerprint density at radius 3 is 1.50 bits per heavy atom. The van der Waals surface area contributed by atoms with Crippen LogP contribution in [-0.2, 0) is 9.59 Å². The van der Waals surface area contributed by atoms with Crippen LogP contribution >= 0.6 is 23.2 Å². The molecular formula is C26H26Cl2N2O4. The maximum absolute atomic E-state index is 12.6. The summed E-state index contributed by atoms with van der Waals surface area (Å²) in [7, 11) is 0. The van der Waals surface area contributed by atoms with Crippen LogP contribution in [0.5, 0.6) is 11.5 Å². The van der Waals surface area contributed by atoms with Gasteiger partial charge in [-0.3, -0.25) is 9.59 Å². The van der Waals surface area contributed by atoms with Crippen LogP contribution in [0.4, 0.5) is 11.4 Å². The van der Waals surface area contributed by atoms with Gasteiger partial charge in [0.1, 0.15) is 11.5 Å². The Hall–Kier alpha value is -3.22. The minimum absolute atomic E-state index is 0.326. The van der Waals surface area contributed by atoms with Gasteiger partial charge in [0.25, 0.3) is 11.8 Å². The predicted octanol–water partition coefficient (Wildman–Crippen LogP) is 6.42. The maximum Gasteiger partial charge on any atom is 0.265 e. The standard InChI is InChI=1S/C26H26Cl2N2O4/c1-15-12-19(27)8-10-23(15)33-17(3)25(31)29-21-6-5-7-22(14-21)30-26(32)18(4)34-24-11-9-20(28)13-16(24)2/h5-14,17-18H,1-4H3,(H,29,31)(H,30,32). The van der Waals surface area contributed by atoms with Crippen molar-refractivity contribution >= 4 is 46.4 Å². The fourth-order valence-corrected chi connectivity index (χ4v) is 3.59. The van der Waals surface area contributed by atoms with Crippen molar-refractivity contribution < 1.29 is 19.1 Å². The van der Waals surface area contributed by atoms with E-state index in [4.69, 9.17) is 32.7 Å². The number of anilines is 2. The first-order chi connectivity index (χ1) is 16.1. The lowest BCUT2D eigenvalue weighted by Crippen LogP contribution is -2.31. The van der Waals surface area contributed by atoms with Crippen molar-refractivity contribution in [1.29, 1.82) is 0 Å². The van der Waals surface area contributed by atoms with E-state index in [0.717, 1.165) is 11.1 Å². The maximum atomic E-state index is 12.6. The summed E-state index contributed by atoms with van der Waals surface area (Å²) in [6, 6.07) is 17.3. The number of benzene rings is 3. The van der Waals surface area contributed by atoms with Gasteiger partial charge in [-0.05, 0) is 93.4 Å².